The summed E-state index contributed by atoms with van der Waals surface area (Å²) in [6.07, 6.45) is 0.739. The highest BCUT2D eigenvalue weighted by Gasteiger charge is 2.11. The number of methoxy groups -OCH3 is 1. The van der Waals surface area contributed by atoms with Crippen LogP contribution in [0.1, 0.15) is 18.0 Å². The van der Waals surface area contributed by atoms with E-state index in [0.717, 1.165) is 22.1 Å². The topological polar surface area (TPSA) is 107 Å². The lowest BCUT2D eigenvalue weighted by atomic mass is 10.2. The highest BCUT2D eigenvalue weighted by atomic mass is 32.1. The highest BCUT2D eigenvalue weighted by molar-refractivity contribution is 7.10. The Kier molecular flexibility index (Phi) is 4.55. The molecule has 0 atom stereocenters. The molecule has 138 valence electrons. The summed E-state index contributed by atoms with van der Waals surface area (Å²) in [7, 11) is 1.51. The Morgan fingerprint density at radius 2 is 2.11 bits per heavy atom. The molecule has 9 nitrogen and oxygen atoms in total. The largest absolute Gasteiger partial charge is 0.479 e. The fourth-order valence-electron chi connectivity index (χ4n) is 2.50. The van der Waals surface area contributed by atoms with Crippen molar-refractivity contribution in [2.24, 2.45) is 0 Å². The van der Waals surface area contributed by atoms with E-state index in [9.17, 15) is 4.79 Å². The van der Waals surface area contributed by atoms with E-state index in [4.69, 9.17) is 9.26 Å². The Hall–Kier alpha value is -3.27. The fourth-order valence-corrected chi connectivity index (χ4v) is 3.36. The summed E-state index contributed by atoms with van der Waals surface area (Å²) < 4.78 is 11.9. The average molecular weight is 384 g/mol. The molecule has 4 rings (SSSR count). The Bertz CT molecular complexity index is 1080. The summed E-state index contributed by atoms with van der Waals surface area (Å²) in [6.45, 7) is 1.88. The molecule has 4 aromatic rings. The van der Waals surface area contributed by atoms with Gasteiger partial charge in [-0.25, -0.2) is 3.79 Å². The number of rotatable bonds is 6. The van der Waals surface area contributed by atoms with Crippen LogP contribution in [0.4, 0.5) is 5.69 Å². The maximum absolute atomic E-state index is 12.1. The quantitative estimate of drug-likeness (QED) is 0.544. The number of aryl methyl sites for hydroxylation is 2. The molecule has 1 amide bonds. The fraction of sp³-hybridized carbons (Fsp3) is 0.235. The minimum absolute atomic E-state index is 0.104. The molecule has 0 spiro atoms. The Labute approximate surface area is 158 Å². The second-order valence-electron chi connectivity index (χ2n) is 5.81. The monoisotopic (exact) mass is 384 g/mol. The number of amides is 1. The number of nitrogens with zero attached hydrogens (tertiary/aromatic N) is 5. The van der Waals surface area contributed by atoms with Gasteiger partial charge in [-0.1, -0.05) is 0 Å². The van der Waals surface area contributed by atoms with E-state index in [-0.39, 0.29) is 12.3 Å². The summed E-state index contributed by atoms with van der Waals surface area (Å²) in [5.41, 5.74) is 1.68. The van der Waals surface area contributed by atoms with Crippen LogP contribution in [0, 0.1) is 6.92 Å². The van der Waals surface area contributed by atoms with Crippen LogP contribution in [-0.2, 0) is 11.2 Å². The summed E-state index contributed by atoms with van der Waals surface area (Å²) in [5, 5.41) is 15.4. The molecular weight excluding hydrogens is 368 g/mol. The number of carbonyl (C=O) groups excluding carboxylic acids is 1. The van der Waals surface area contributed by atoms with Gasteiger partial charge in [0.2, 0.25) is 5.91 Å². The molecule has 0 aliphatic rings. The van der Waals surface area contributed by atoms with E-state index < -0.39 is 0 Å². The van der Waals surface area contributed by atoms with Gasteiger partial charge in [0.1, 0.15) is 16.6 Å². The summed E-state index contributed by atoms with van der Waals surface area (Å²) in [6, 6.07) is 9.19. The van der Waals surface area contributed by atoms with Gasteiger partial charge >= 0.3 is 0 Å². The standard InChI is InChI=1S/C17H16N6O3S/c1-10-20-21-17-19-16(27-23(10)17)11-3-5-12(6-4-11)18-14(24)8-7-13-9-15(25-2)22-26-13/h3-6,9H,7-8H2,1-2H3,(H,18,24). The number of hydrogen-bond acceptors (Lipinski definition) is 8. The van der Waals surface area contributed by atoms with E-state index in [1.807, 2.05) is 35.0 Å². The van der Waals surface area contributed by atoms with Gasteiger partial charge in [0.25, 0.3) is 11.7 Å². The maximum atomic E-state index is 12.1. The summed E-state index contributed by atoms with van der Waals surface area (Å²) in [5.74, 6) is 2.31. The van der Waals surface area contributed by atoms with Gasteiger partial charge in [-0.05, 0) is 47.9 Å². The molecule has 0 aliphatic heterocycles. The van der Waals surface area contributed by atoms with Crippen LogP contribution in [0.25, 0.3) is 16.3 Å². The molecule has 0 saturated heterocycles. The first-order chi connectivity index (χ1) is 13.1. The predicted molar refractivity (Wildman–Crippen MR) is 98.8 cm³/mol. The van der Waals surface area contributed by atoms with Crippen molar-refractivity contribution in [2.45, 2.75) is 19.8 Å². The van der Waals surface area contributed by atoms with Crippen molar-refractivity contribution in [3.8, 4) is 16.5 Å². The van der Waals surface area contributed by atoms with Crippen molar-refractivity contribution >= 4 is 28.9 Å². The molecule has 0 aliphatic carbocycles. The number of nitrogens with one attached hydrogen (secondary N) is 1. The van der Waals surface area contributed by atoms with Gasteiger partial charge < -0.3 is 14.6 Å². The minimum Gasteiger partial charge on any atom is -0.479 e. The highest BCUT2D eigenvalue weighted by Crippen LogP contribution is 2.25. The van der Waals surface area contributed by atoms with Crippen LogP contribution >= 0.6 is 11.5 Å². The van der Waals surface area contributed by atoms with Gasteiger partial charge in [0.05, 0.1) is 7.11 Å². The smallest absolute Gasteiger partial charge is 0.266 e. The number of anilines is 1. The van der Waals surface area contributed by atoms with Crippen molar-refractivity contribution in [2.75, 3.05) is 12.4 Å². The van der Waals surface area contributed by atoms with E-state index in [1.54, 1.807) is 6.07 Å². The lowest BCUT2D eigenvalue weighted by Gasteiger charge is -2.05. The molecule has 0 unspecified atom stereocenters. The van der Waals surface area contributed by atoms with Crippen molar-refractivity contribution < 1.29 is 14.1 Å². The van der Waals surface area contributed by atoms with Crippen LogP contribution in [-0.4, -0.2) is 37.1 Å². The number of aromatic nitrogens is 5. The molecule has 1 aromatic carbocycles. The Morgan fingerprint density at radius 3 is 2.81 bits per heavy atom. The van der Waals surface area contributed by atoms with Crippen LogP contribution in [0.3, 0.4) is 0 Å². The van der Waals surface area contributed by atoms with E-state index in [0.29, 0.717) is 23.8 Å². The Balaban J connectivity index is 1.37. The molecule has 3 aromatic heterocycles. The molecular formula is C17H16N6O3S. The summed E-state index contributed by atoms with van der Waals surface area (Å²) >= 11 is 1.48. The first-order valence-corrected chi connectivity index (χ1v) is 8.98. The van der Waals surface area contributed by atoms with Crippen LogP contribution in [0.15, 0.2) is 34.9 Å². The first kappa shape index (κ1) is 17.2. The number of hydrogen-bond donors (Lipinski definition) is 1. The normalized spacial score (nSPS) is 11.0. The zero-order valence-corrected chi connectivity index (χ0v) is 15.5. The molecule has 0 bridgehead atoms. The van der Waals surface area contributed by atoms with E-state index in [1.165, 1.54) is 18.6 Å². The Morgan fingerprint density at radius 1 is 1.30 bits per heavy atom. The molecule has 0 fully saturated rings. The van der Waals surface area contributed by atoms with Crippen LogP contribution < -0.4 is 10.1 Å². The van der Waals surface area contributed by atoms with Gasteiger partial charge in [0.15, 0.2) is 0 Å². The predicted octanol–water partition coefficient (Wildman–Crippen LogP) is 2.73. The van der Waals surface area contributed by atoms with Crippen LogP contribution in [0.5, 0.6) is 5.88 Å². The van der Waals surface area contributed by atoms with Crippen molar-refractivity contribution in [1.82, 2.24) is 24.1 Å². The van der Waals surface area contributed by atoms with Gasteiger partial charge in [-0.2, -0.15) is 4.98 Å². The van der Waals surface area contributed by atoms with Gasteiger partial charge in [0, 0.05) is 30.2 Å². The maximum Gasteiger partial charge on any atom is 0.266 e. The van der Waals surface area contributed by atoms with Gasteiger partial charge in [-0.3, -0.25) is 4.79 Å². The van der Waals surface area contributed by atoms with Crippen molar-refractivity contribution in [3.63, 3.8) is 0 Å². The van der Waals surface area contributed by atoms with E-state index >= 15 is 0 Å². The number of carbonyl (C=O) groups is 1. The van der Waals surface area contributed by atoms with Crippen molar-refractivity contribution in [3.05, 3.63) is 41.9 Å². The average Bonchev–Trinajstić information content (AvgIpc) is 3.38. The summed E-state index contributed by atoms with van der Waals surface area (Å²) in [4.78, 5) is 16.6. The third-order valence-electron chi connectivity index (χ3n) is 3.90. The number of benzene rings is 1. The lowest BCUT2D eigenvalue weighted by molar-refractivity contribution is -0.116. The molecule has 3 heterocycles. The molecule has 10 heteroatoms. The molecule has 0 saturated carbocycles. The third-order valence-corrected chi connectivity index (χ3v) is 5.01. The SMILES string of the molecule is COc1cc(CCC(=O)Nc2ccc(-c3nc4nnc(C)n4s3)cc2)on1. The molecule has 27 heavy (non-hydrogen) atoms. The third kappa shape index (κ3) is 3.65. The van der Waals surface area contributed by atoms with Gasteiger partial charge in [-0.15, -0.1) is 10.2 Å². The number of ether oxygens (including phenoxy) is 1. The second-order valence-corrected chi connectivity index (χ2v) is 6.75. The van der Waals surface area contributed by atoms with Crippen LogP contribution in [0.2, 0.25) is 0 Å². The molecule has 0 radical (unpaired) electrons. The lowest BCUT2D eigenvalue weighted by Crippen LogP contribution is -2.12. The zero-order chi connectivity index (χ0) is 18.8. The van der Waals surface area contributed by atoms with Crippen molar-refractivity contribution in [1.29, 1.82) is 0 Å². The number of fused-ring (bicyclic) bond motifs is 1. The van der Waals surface area contributed by atoms with E-state index in [2.05, 4.69) is 25.7 Å². The minimum atomic E-state index is -0.104. The second kappa shape index (κ2) is 7.16. The molecule has 1 N–H and O–H groups in total. The first-order valence-electron chi connectivity index (χ1n) is 8.21. The zero-order valence-electron chi connectivity index (χ0n) is 14.7.